The van der Waals surface area contributed by atoms with Crippen LogP contribution in [0.4, 0.5) is 11.4 Å². The van der Waals surface area contributed by atoms with Crippen LogP contribution < -0.4 is 15.7 Å². The number of rotatable bonds is 1. The van der Waals surface area contributed by atoms with E-state index >= 15 is 0 Å². The van der Waals surface area contributed by atoms with Crippen LogP contribution in [0, 0.1) is 0 Å². The Morgan fingerprint density at radius 3 is 2.02 bits per heavy atom. The summed E-state index contributed by atoms with van der Waals surface area (Å²) < 4.78 is 8.90. The van der Waals surface area contributed by atoms with E-state index in [1.54, 1.807) is 0 Å². The second-order valence-corrected chi connectivity index (χ2v) is 12.5. The van der Waals surface area contributed by atoms with Gasteiger partial charge < -0.3 is 13.8 Å². The number of benzene rings is 7. The van der Waals surface area contributed by atoms with Gasteiger partial charge in [0, 0.05) is 49.7 Å². The minimum atomic E-state index is 0.0792. The average Bonchev–Trinajstić information content (AvgIpc) is 3.65. The van der Waals surface area contributed by atoms with Gasteiger partial charge in [-0.05, 0) is 64.5 Å². The highest BCUT2D eigenvalue weighted by Crippen LogP contribution is 2.50. The maximum absolute atomic E-state index is 6.42. The summed E-state index contributed by atoms with van der Waals surface area (Å²) in [6, 6.07) is 55.3. The van der Waals surface area contributed by atoms with Gasteiger partial charge in [0.25, 0.3) is 0 Å². The fourth-order valence-corrected chi connectivity index (χ4v) is 8.33. The van der Waals surface area contributed by atoms with Gasteiger partial charge in [0.15, 0.2) is 0 Å². The van der Waals surface area contributed by atoms with Gasteiger partial charge in [0.2, 0.25) is 0 Å². The smallest absolute Gasteiger partial charge is 0.329 e. The summed E-state index contributed by atoms with van der Waals surface area (Å²) >= 11 is 0. The first-order valence-electron chi connectivity index (χ1n) is 15.9. The van der Waals surface area contributed by atoms with Crippen molar-refractivity contribution in [1.82, 2.24) is 4.57 Å². The number of aromatic nitrogens is 1. The van der Waals surface area contributed by atoms with Crippen LogP contribution in [0.5, 0.6) is 0 Å². The first-order valence-corrected chi connectivity index (χ1v) is 15.9. The summed E-state index contributed by atoms with van der Waals surface area (Å²) in [4.78, 5) is 2.58. The van der Waals surface area contributed by atoms with Crippen molar-refractivity contribution in [2.75, 3.05) is 4.81 Å². The molecule has 0 saturated carbocycles. The molecule has 4 heterocycles. The van der Waals surface area contributed by atoms with E-state index < -0.39 is 0 Å². The molecule has 9 aromatic rings. The van der Waals surface area contributed by atoms with E-state index in [1.165, 1.54) is 66.4 Å². The number of anilines is 2. The Balaban J connectivity index is 1.32. The monoisotopic (exact) mass is 584 g/mol. The number of hydrogen-bond donors (Lipinski definition) is 0. The first-order chi connectivity index (χ1) is 22.8. The third-order valence-corrected chi connectivity index (χ3v) is 10.2. The van der Waals surface area contributed by atoms with Crippen molar-refractivity contribution in [2.45, 2.75) is 0 Å². The Morgan fingerprint density at radius 2 is 1.15 bits per heavy atom. The van der Waals surface area contributed by atoms with Crippen molar-refractivity contribution < 1.29 is 4.42 Å². The Kier molecular flexibility index (Phi) is 4.66. The van der Waals surface area contributed by atoms with Crippen LogP contribution >= 0.6 is 0 Å². The number of fused-ring (bicyclic) bond motifs is 18. The molecule has 2 aliphatic rings. The largest absolute Gasteiger partial charge is 0.456 e. The molecule has 0 spiro atoms. The zero-order valence-electron chi connectivity index (χ0n) is 24.8. The Hall–Kier alpha value is -6.00. The molecule has 2 aromatic heterocycles. The highest BCUT2D eigenvalue weighted by molar-refractivity contribution is 6.92. The lowest BCUT2D eigenvalue weighted by Gasteiger charge is -2.43. The minimum absolute atomic E-state index is 0.0792. The van der Waals surface area contributed by atoms with E-state index in [-0.39, 0.29) is 6.85 Å². The number of nitrogens with zero attached hydrogens (tertiary/aromatic N) is 2. The van der Waals surface area contributed by atoms with Gasteiger partial charge in [-0.2, -0.15) is 0 Å². The summed E-state index contributed by atoms with van der Waals surface area (Å²) in [6.07, 6.45) is 0. The lowest BCUT2D eigenvalue weighted by molar-refractivity contribution is 0.669. The molecule has 0 atom stereocenters. The van der Waals surface area contributed by atoms with Gasteiger partial charge in [0.1, 0.15) is 11.2 Å². The van der Waals surface area contributed by atoms with Crippen molar-refractivity contribution in [2.24, 2.45) is 0 Å². The van der Waals surface area contributed by atoms with E-state index in [1.807, 2.05) is 6.07 Å². The zero-order valence-corrected chi connectivity index (χ0v) is 24.8. The van der Waals surface area contributed by atoms with Crippen LogP contribution in [-0.4, -0.2) is 11.4 Å². The lowest BCUT2D eigenvalue weighted by Crippen LogP contribution is -2.59. The molecule has 0 radical (unpaired) electrons. The molecular weight excluding hydrogens is 559 g/mol. The van der Waals surface area contributed by atoms with Gasteiger partial charge in [-0.25, -0.2) is 0 Å². The maximum Gasteiger partial charge on any atom is 0.329 e. The summed E-state index contributed by atoms with van der Waals surface area (Å²) in [5, 5.41) is 4.69. The van der Waals surface area contributed by atoms with Crippen LogP contribution in [0.3, 0.4) is 0 Å². The fourth-order valence-electron chi connectivity index (χ4n) is 8.33. The van der Waals surface area contributed by atoms with Crippen LogP contribution in [0.15, 0.2) is 156 Å². The molecule has 3 nitrogen and oxygen atoms in total. The highest BCUT2D eigenvalue weighted by atomic mass is 16.3. The van der Waals surface area contributed by atoms with E-state index in [9.17, 15) is 0 Å². The van der Waals surface area contributed by atoms with Gasteiger partial charge in [-0.1, -0.05) is 109 Å². The topological polar surface area (TPSA) is 21.3 Å². The normalized spacial score (nSPS) is 13.1. The summed E-state index contributed by atoms with van der Waals surface area (Å²) in [5.41, 5.74) is 15.7. The molecule has 0 bridgehead atoms. The first kappa shape index (κ1) is 24.3. The zero-order chi connectivity index (χ0) is 29.9. The van der Waals surface area contributed by atoms with E-state index in [2.05, 4.69) is 155 Å². The van der Waals surface area contributed by atoms with Crippen LogP contribution in [0.25, 0.3) is 71.7 Å². The fraction of sp³-hybridized carbons (Fsp3) is 0. The number of para-hydroxylation sites is 3. The van der Waals surface area contributed by atoms with Crippen molar-refractivity contribution >= 4 is 72.9 Å². The number of furan rings is 1. The van der Waals surface area contributed by atoms with Crippen molar-refractivity contribution in [3.63, 3.8) is 0 Å². The van der Waals surface area contributed by atoms with E-state index in [4.69, 9.17) is 4.42 Å². The number of hydrogen-bond acceptors (Lipinski definition) is 2. The van der Waals surface area contributed by atoms with Crippen molar-refractivity contribution in [1.29, 1.82) is 0 Å². The highest BCUT2D eigenvalue weighted by Gasteiger charge is 2.43. The molecule has 4 heteroatoms. The third kappa shape index (κ3) is 3.03. The molecule has 0 fully saturated rings. The molecule has 7 aromatic carbocycles. The van der Waals surface area contributed by atoms with E-state index in [0.717, 1.165) is 27.6 Å². The SMILES string of the molecule is c1ccc(-n2c3cc4c(cc3c3ccc5c(c32)-c2ccccc2B2c3ccccc3-c3ccccc3N25)oc2ccccc24)cc1. The quantitative estimate of drug-likeness (QED) is 0.179. The van der Waals surface area contributed by atoms with E-state index in [0.29, 0.717) is 0 Å². The summed E-state index contributed by atoms with van der Waals surface area (Å²) in [6.45, 7) is 0.0792. The molecular formula is C42H25BN2O. The maximum atomic E-state index is 6.42. The Labute approximate surface area is 265 Å². The molecule has 212 valence electrons. The Bertz CT molecular complexity index is 2720. The van der Waals surface area contributed by atoms with Gasteiger partial charge >= 0.3 is 6.85 Å². The van der Waals surface area contributed by atoms with Crippen molar-refractivity contribution in [3.05, 3.63) is 152 Å². The standard InChI is InChI=1S/C42H25BN2O/c1-2-12-26(13-3-1)44-38-24-33-29-16-7-11-21-39(29)46-40(33)25-32(38)30-22-23-37-41(42(30)44)31-17-5-9-19-35(31)43-34-18-8-4-14-27(34)28-15-6-10-20-36(28)45(37)43/h1-25H. The van der Waals surface area contributed by atoms with Crippen LogP contribution in [0.1, 0.15) is 0 Å². The second-order valence-electron chi connectivity index (χ2n) is 12.5. The third-order valence-electron chi connectivity index (χ3n) is 10.2. The van der Waals surface area contributed by atoms with Crippen LogP contribution in [0.2, 0.25) is 0 Å². The minimum Gasteiger partial charge on any atom is -0.456 e. The molecule has 0 N–H and O–H groups in total. The molecule has 0 saturated heterocycles. The van der Waals surface area contributed by atoms with Gasteiger partial charge in [-0.15, -0.1) is 0 Å². The Morgan fingerprint density at radius 1 is 0.457 bits per heavy atom. The lowest BCUT2D eigenvalue weighted by atomic mass is 9.43. The molecule has 2 aliphatic heterocycles. The predicted octanol–water partition coefficient (Wildman–Crippen LogP) is 9.59. The van der Waals surface area contributed by atoms with Crippen LogP contribution in [-0.2, 0) is 0 Å². The molecule has 0 aliphatic carbocycles. The molecule has 0 amide bonds. The van der Waals surface area contributed by atoms with Gasteiger partial charge in [-0.3, -0.25) is 0 Å². The average molecular weight is 584 g/mol. The molecule has 0 unspecified atom stereocenters. The summed E-state index contributed by atoms with van der Waals surface area (Å²) in [5.74, 6) is 0. The molecule has 11 rings (SSSR count). The van der Waals surface area contributed by atoms with Gasteiger partial charge in [0.05, 0.1) is 11.0 Å². The predicted molar refractivity (Wildman–Crippen MR) is 193 cm³/mol. The van der Waals surface area contributed by atoms with Crippen molar-refractivity contribution in [3.8, 4) is 27.9 Å². The summed E-state index contributed by atoms with van der Waals surface area (Å²) in [7, 11) is 0. The second kappa shape index (κ2) is 8.80. The molecule has 46 heavy (non-hydrogen) atoms.